The van der Waals surface area contributed by atoms with Gasteiger partial charge in [-0.05, 0) is 62.9 Å². The number of non-ortho nitro benzene ring substituents is 2. The first-order valence-electron chi connectivity index (χ1n) is 10.9. The van der Waals surface area contributed by atoms with Gasteiger partial charge < -0.3 is 0 Å². The van der Waals surface area contributed by atoms with Gasteiger partial charge in [-0.1, -0.05) is 48.5 Å². The summed E-state index contributed by atoms with van der Waals surface area (Å²) in [6.45, 7) is 0. The molecule has 9 nitrogen and oxygen atoms in total. The number of hydrogen-bond donors (Lipinski definition) is 0. The van der Waals surface area contributed by atoms with E-state index in [-0.39, 0.29) is 23.5 Å². The van der Waals surface area contributed by atoms with Gasteiger partial charge in [0.2, 0.25) is 0 Å². The number of fused-ring (bicyclic) bond motifs is 5. The average Bonchev–Trinajstić information content (AvgIpc) is 3.24. The third-order valence-electron chi connectivity index (χ3n) is 6.16. The SMILES string of the molecule is O=[N+]([O-])c1ccc2c(c1)Cc1cc([N+](=O)[O-])cc([N+](=O)[O-])c1-2.c1ccc2cc3ccccc3cc2c1. The van der Waals surface area contributed by atoms with Gasteiger partial charge in [-0.25, -0.2) is 0 Å². The molecule has 0 saturated heterocycles. The molecule has 6 rings (SSSR count). The first-order chi connectivity index (χ1) is 17.3. The monoisotopic (exact) mass is 479 g/mol. The summed E-state index contributed by atoms with van der Waals surface area (Å²) in [5, 5.41) is 38.1. The Morgan fingerprint density at radius 2 is 1.03 bits per heavy atom. The molecule has 0 atom stereocenters. The molecule has 0 N–H and O–H groups in total. The fourth-order valence-electron chi connectivity index (χ4n) is 4.54. The third kappa shape index (κ3) is 4.09. The number of hydrogen-bond acceptors (Lipinski definition) is 6. The van der Waals surface area contributed by atoms with Crippen molar-refractivity contribution >= 4 is 38.6 Å². The quantitative estimate of drug-likeness (QED) is 0.153. The molecular weight excluding hydrogens is 462 g/mol. The summed E-state index contributed by atoms with van der Waals surface area (Å²) in [5.41, 5.74) is 0.917. The number of nitro benzene ring substituents is 3. The highest BCUT2D eigenvalue weighted by Gasteiger charge is 2.31. The van der Waals surface area contributed by atoms with E-state index in [4.69, 9.17) is 0 Å². The van der Waals surface area contributed by atoms with Gasteiger partial charge in [-0.15, -0.1) is 0 Å². The van der Waals surface area contributed by atoms with Crippen LogP contribution in [0.1, 0.15) is 11.1 Å². The standard InChI is InChI=1S/C14H10.C13H7N3O6/c1-2-6-12-10-14-8-4-3-7-13(14)9-11(12)5-1;17-14(18)9-1-2-11-7(4-9)3-8-5-10(15(19)20)6-12(13(8)11)16(21)22/h1-10H;1-2,4-6H,3H2. The highest BCUT2D eigenvalue weighted by Crippen LogP contribution is 2.45. The van der Waals surface area contributed by atoms with E-state index in [2.05, 4.69) is 60.7 Å². The van der Waals surface area contributed by atoms with Gasteiger partial charge >= 0.3 is 0 Å². The predicted octanol–water partition coefficient (Wildman–Crippen LogP) is 6.98. The fourth-order valence-corrected chi connectivity index (χ4v) is 4.54. The van der Waals surface area contributed by atoms with Crippen LogP contribution in [0.15, 0.2) is 91.0 Å². The molecule has 1 aliphatic carbocycles. The van der Waals surface area contributed by atoms with Crippen LogP contribution in [0, 0.1) is 30.3 Å². The molecule has 0 radical (unpaired) electrons. The van der Waals surface area contributed by atoms with E-state index < -0.39 is 14.8 Å². The van der Waals surface area contributed by atoms with Crippen molar-refractivity contribution in [3.05, 3.63) is 132 Å². The van der Waals surface area contributed by atoms with Gasteiger partial charge in [0.05, 0.1) is 26.4 Å². The van der Waals surface area contributed by atoms with E-state index in [0.717, 1.165) is 6.07 Å². The van der Waals surface area contributed by atoms with Crippen LogP contribution in [0.2, 0.25) is 0 Å². The Morgan fingerprint density at radius 1 is 0.528 bits per heavy atom. The first-order valence-corrected chi connectivity index (χ1v) is 10.9. The maximum Gasteiger partial charge on any atom is 0.284 e. The van der Waals surface area contributed by atoms with Gasteiger partial charge in [0.15, 0.2) is 0 Å². The summed E-state index contributed by atoms with van der Waals surface area (Å²) in [5.74, 6) is 0. The molecule has 5 aromatic carbocycles. The largest absolute Gasteiger partial charge is 0.284 e. The molecule has 0 aromatic heterocycles. The van der Waals surface area contributed by atoms with Gasteiger partial charge in [0.25, 0.3) is 17.1 Å². The van der Waals surface area contributed by atoms with E-state index in [1.54, 1.807) is 0 Å². The Balaban J connectivity index is 0.000000163. The lowest BCUT2D eigenvalue weighted by atomic mass is 10.0. The molecule has 0 bridgehead atoms. The molecule has 1 aliphatic rings. The molecule has 0 saturated carbocycles. The maximum atomic E-state index is 11.2. The van der Waals surface area contributed by atoms with Gasteiger partial charge in [0, 0.05) is 18.2 Å². The zero-order chi connectivity index (χ0) is 25.4. The van der Waals surface area contributed by atoms with Crippen molar-refractivity contribution in [1.29, 1.82) is 0 Å². The molecule has 9 heteroatoms. The van der Waals surface area contributed by atoms with Gasteiger partial charge in [0.1, 0.15) is 0 Å². The minimum atomic E-state index is -0.696. The van der Waals surface area contributed by atoms with E-state index in [0.29, 0.717) is 22.3 Å². The number of rotatable bonds is 3. The van der Waals surface area contributed by atoms with Crippen molar-refractivity contribution in [2.75, 3.05) is 0 Å². The van der Waals surface area contributed by atoms with E-state index in [1.807, 2.05) is 0 Å². The van der Waals surface area contributed by atoms with Crippen LogP contribution in [0.25, 0.3) is 32.7 Å². The van der Waals surface area contributed by atoms with Crippen LogP contribution in [-0.4, -0.2) is 14.8 Å². The molecular formula is C27H17N3O6. The summed E-state index contributed by atoms with van der Waals surface area (Å²) in [7, 11) is 0. The Labute approximate surface area is 203 Å². The second kappa shape index (κ2) is 8.88. The number of nitro groups is 3. The van der Waals surface area contributed by atoms with Crippen LogP contribution < -0.4 is 0 Å². The van der Waals surface area contributed by atoms with Crippen LogP contribution in [0.4, 0.5) is 17.1 Å². The van der Waals surface area contributed by atoms with E-state index >= 15 is 0 Å². The van der Waals surface area contributed by atoms with Crippen molar-refractivity contribution in [3.8, 4) is 11.1 Å². The van der Waals surface area contributed by atoms with Crippen LogP contribution in [0.3, 0.4) is 0 Å². The highest BCUT2D eigenvalue weighted by atomic mass is 16.6. The first kappa shape index (κ1) is 22.6. The van der Waals surface area contributed by atoms with Crippen molar-refractivity contribution in [2.45, 2.75) is 6.42 Å². The van der Waals surface area contributed by atoms with Crippen molar-refractivity contribution in [3.63, 3.8) is 0 Å². The lowest BCUT2D eigenvalue weighted by Gasteiger charge is -2.03. The number of benzene rings is 5. The van der Waals surface area contributed by atoms with Crippen LogP contribution >= 0.6 is 0 Å². The Hall–Kier alpha value is -5.18. The molecule has 0 aliphatic heterocycles. The summed E-state index contributed by atoms with van der Waals surface area (Å²) >= 11 is 0. The Kier molecular flexibility index (Phi) is 5.57. The minimum Gasteiger partial charge on any atom is -0.258 e. The molecule has 0 spiro atoms. The second-order valence-corrected chi connectivity index (χ2v) is 8.34. The molecule has 5 aromatic rings. The Bertz CT molecular complexity index is 1610. The summed E-state index contributed by atoms with van der Waals surface area (Å²) in [6, 6.07) is 27.6. The zero-order valence-electron chi connectivity index (χ0n) is 18.7. The molecule has 0 amide bonds. The molecule has 0 fully saturated rings. The smallest absolute Gasteiger partial charge is 0.258 e. The topological polar surface area (TPSA) is 129 Å². The molecule has 176 valence electrons. The maximum absolute atomic E-state index is 11.2. The lowest BCUT2D eigenvalue weighted by Crippen LogP contribution is -1.96. The van der Waals surface area contributed by atoms with Gasteiger partial charge in [-0.2, -0.15) is 0 Å². The fraction of sp³-hybridized carbons (Fsp3) is 0.0370. The summed E-state index contributed by atoms with van der Waals surface area (Å²) < 4.78 is 0. The van der Waals surface area contributed by atoms with Crippen molar-refractivity contribution in [1.82, 2.24) is 0 Å². The summed E-state index contributed by atoms with van der Waals surface area (Å²) in [6.07, 6.45) is 0.189. The molecule has 36 heavy (non-hydrogen) atoms. The third-order valence-corrected chi connectivity index (χ3v) is 6.16. The van der Waals surface area contributed by atoms with Crippen LogP contribution in [-0.2, 0) is 6.42 Å². The highest BCUT2D eigenvalue weighted by molar-refractivity contribution is 5.98. The predicted molar refractivity (Wildman–Crippen MR) is 136 cm³/mol. The van der Waals surface area contributed by atoms with Gasteiger partial charge in [-0.3, -0.25) is 30.3 Å². The van der Waals surface area contributed by atoms with Crippen LogP contribution in [0.5, 0.6) is 0 Å². The second-order valence-electron chi connectivity index (χ2n) is 8.34. The minimum absolute atomic E-state index is 0.122. The Morgan fingerprint density at radius 3 is 1.50 bits per heavy atom. The zero-order valence-corrected chi connectivity index (χ0v) is 18.7. The molecule has 0 heterocycles. The van der Waals surface area contributed by atoms with Crippen molar-refractivity contribution in [2.24, 2.45) is 0 Å². The average molecular weight is 479 g/mol. The number of nitrogens with zero attached hydrogens (tertiary/aromatic N) is 3. The van der Waals surface area contributed by atoms with Crippen molar-refractivity contribution < 1.29 is 14.8 Å². The normalized spacial score (nSPS) is 11.3. The molecule has 0 unspecified atom stereocenters. The van der Waals surface area contributed by atoms with E-state index in [9.17, 15) is 30.3 Å². The lowest BCUT2D eigenvalue weighted by molar-refractivity contribution is -0.393. The summed E-state index contributed by atoms with van der Waals surface area (Å²) in [4.78, 5) is 31.0. The van der Waals surface area contributed by atoms with E-state index in [1.165, 1.54) is 45.8 Å².